The lowest BCUT2D eigenvalue weighted by Gasteiger charge is -2.62. The second kappa shape index (κ2) is 10.7. The molecule has 0 radical (unpaired) electrons. The van der Waals surface area contributed by atoms with Crippen molar-refractivity contribution >= 4 is 23.4 Å². The number of amides is 1. The van der Waals surface area contributed by atoms with Crippen LogP contribution in [-0.2, 0) is 28.6 Å². The first kappa shape index (κ1) is 31.8. The number of benzene rings is 1. The van der Waals surface area contributed by atoms with Gasteiger partial charge in [-0.15, -0.1) is 0 Å². The summed E-state index contributed by atoms with van der Waals surface area (Å²) in [7, 11) is 0. The van der Waals surface area contributed by atoms with Crippen LogP contribution >= 0.6 is 0 Å². The first-order chi connectivity index (χ1) is 21.1. The molecule has 1 saturated heterocycles. The monoisotopic (exact) mass is 623 g/mol. The van der Waals surface area contributed by atoms with Crippen molar-refractivity contribution in [2.24, 2.45) is 28.6 Å². The predicted octanol–water partition coefficient (Wildman–Crippen LogP) is 4.04. The van der Waals surface area contributed by atoms with Gasteiger partial charge in [0, 0.05) is 28.9 Å². The number of ether oxygens (including phenoxy) is 3. The summed E-state index contributed by atoms with van der Waals surface area (Å²) < 4.78 is 35.9. The maximum atomic E-state index is 17.6. The van der Waals surface area contributed by atoms with Gasteiger partial charge in [0.15, 0.2) is 29.4 Å². The molecule has 45 heavy (non-hydrogen) atoms. The molecule has 1 aromatic rings. The van der Waals surface area contributed by atoms with Crippen molar-refractivity contribution in [3.05, 3.63) is 59.7 Å². The zero-order valence-electron chi connectivity index (χ0n) is 26.4. The number of esters is 1. The molecule has 9 atom stereocenters. The van der Waals surface area contributed by atoms with Crippen LogP contribution in [0.5, 0.6) is 0 Å². The second-order valence-electron chi connectivity index (χ2n) is 14.4. The molecule has 2 N–H and O–H groups in total. The Kier molecular flexibility index (Phi) is 7.53. The van der Waals surface area contributed by atoms with E-state index >= 15 is 4.39 Å². The Bertz CT molecular complexity index is 1490. The van der Waals surface area contributed by atoms with Gasteiger partial charge in [-0.25, -0.2) is 4.39 Å². The Morgan fingerprint density at radius 2 is 1.84 bits per heavy atom. The Hall–Kier alpha value is -3.21. The van der Waals surface area contributed by atoms with Crippen LogP contribution in [0.15, 0.2) is 54.1 Å². The number of rotatable bonds is 7. The van der Waals surface area contributed by atoms with Crippen LogP contribution in [0.3, 0.4) is 0 Å². The highest BCUT2D eigenvalue weighted by molar-refractivity contribution is 6.01. The highest BCUT2D eigenvalue weighted by atomic mass is 19.1. The topological polar surface area (TPSA) is 128 Å². The standard InChI is InChI=1S/C35H42FNO8/c1-20(18-37-29(41)21-9-7-6-8-10-21)30(42)43-19-27(40)35-28(44-31(2,3)45-35)16-25-24-12-11-22-15-23(38)13-14-32(22,4)34(24,36)26(39)17-33(25,35)5/h6-10,13-15,20,24-26,28,39H,11-12,16-19H2,1-5H3,(H,37,41)/t20?,24-,25-,26-,28-,32-,33-,34?,35+/m0/s1. The van der Waals surface area contributed by atoms with E-state index in [2.05, 4.69) is 5.32 Å². The summed E-state index contributed by atoms with van der Waals surface area (Å²) in [6, 6.07) is 8.61. The molecule has 3 saturated carbocycles. The number of ketones is 2. The minimum absolute atomic E-state index is 0.0165. The van der Waals surface area contributed by atoms with E-state index in [1.807, 2.05) is 6.92 Å². The molecule has 6 rings (SSSR count). The molecule has 9 nitrogen and oxygen atoms in total. The maximum absolute atomic E-state index is 17.6. The summed E-state index contributed by atoms with van der Waals surface area (Å²) in [5.41, 5.74) is -4.71. The lowest BCUT2D eigenvalue weighted by Crippen LogP contribution is -2.70. The number of carbonyl (C=O) groups excluding carboxylic acids is 4. The number of carbonyl (C=O) groups is 4. The van der Waals surface area contributed by atoms with Gasteiger partial charge in [-0.3, -0.25) is 19.2 Å². The average molecular weight is 624 g/mol. The van der Waals surface area contributed by atoms with Crippen LogP contribution in [0.2, 0.25) is 0 Å². The average Bonchev–Trinajstić information content (AvgIpc) is 3.41. The zero-order valence-corrected chi connectivity index (χ0v) is 26.4. The highest BCUT2D eigenvalue weighted by Gasteiger charge is 2.80. The van der Waals surface area contributed by atoms with E-state index in [0.717, 1.165) is 0 Å². The predicted molar refractivity (Wildman–Crippen MR) is 160 cm³/mol. The van der Waals surface area contributed by atoms with Crippen LogP contribution in [-0.4, -0.2) is 71.0 Å². The largest absolute Gasteiger partial charge is 0.457 e. The number of Topliss-reactive ketones (excluding diaryl/α,β-unsaturated/α-hetero) is 1. The van der Waals surface area contributed by atoms with Crippen molar-refractivity contribution in [3.63, 3.8) is 0 Å². The molecule has 10 heteroatoms. The van der Waals surface area contributed by atoms with Crippen molar-refractivity contribution in [2.45, 2.75) is 89.6 Å². The fraction of sp³-hybridized carbons (Fsp3) is 0.600. The first-order valence-electron chi connectivity index (χ1n) is 15.8. The van der Waals surface area contributed by atoms with Crippen molar-refractivity contribution < 1.29 is 42.9 Å². The smallest absolute Gasteiger partial charge is 0.310 e. The van der Waals surface area contributed by atoms with E-state index in [-0.39, 0.29) is 30.6 Å². The van der Waals surface area contributed by atoms with E-state index in [0.29, 0.717) is 30.4 Å². The number of allylic oxidation sites excluding steroid dienone is 4. The van der Waals surface area contributed by atoms with Gasteiger partial charge in [0.05, 0.1) is 18.1 Å². The number of nitrogens with one attached hydrogen (secondary N) is 1. The van der Waals surface area contributed by atoms with Gasteiger partial charge in [-0.05, 0) is 76.7 Å². The van der Waals surface area contributed by atoms with Crippen molar-refractivity contribution in [2.75, 3.05) is 13.2 Å². The first-order valence-corrected chi connectivity index (χ1v) is 15.8. The number of aliphatic hydroxyl groups excluding tert-OH is 1. The van der Waals surface area contributed by atoms with Crippen LogP contribution < -0.4 is 5.32 Å². The van der Waals surface area contributed by atoms with E-state index < -0.39 is 70.3 Å². The van der Waals surface area contributed by atoms with Gasteiger partial charge >= 0.3 is 5.97 Å². The van der Waals surface area contributed by atoms with E-state index in [1.54, 1.807) is 64.1 Å². The van der Waals surface area contributed by atoms with Crippen LogP contribution in [0.25, 0.3) is 0 Å². The third kappa shape index (κ3) is 4.58. The number of aliphatic hydroxyl groups is 1. The lowest BCUT2D eigenvalue weighted by atomic mass is 9.44. The highest BCUT2D eigenvalue weighted by Crippen LogP contribution is 2.72. The molecule has 0 aromatic heterocycles. The molecule has 2 unspecified atom stereocenters. The fourth-order valence-electron chi connectivity index (χ4n) is 9.22. The molecule has 1 aliphatic heterocycles. The van der Waals surface area contributed by atoms with Gasteiger partial charge in [-0.2, -0.15) is 0 Å². The third-order valence-corrected chi connectivity index (χ3v) is 11.4. The summed E-state index contributed by atoms with van der Waals surface area (Å²) in [6.45, 7) is 8.05. The summed E-state index contributed by atoms with van der Waals surface area (Å²) in [5, 5.41) is 14.4. The van der Waals surface area contributed by atoms with Crippen molar-refractivity contribution in [3.8, 4) is 0 Å². The molecule has 0 spiro atoms. The Morgan fingerprint density at radius 3 is 2.56 bits per heavy atom. The quantitative estimate of drug-likeness (QED) is 0.436. The molecule has 242 valence electrons. The fourth-order valence-corrected chi connectivity index (χ4v) is 9.22. The second-order valence-corrected chi connectivity index (χ2v) is 14.4. The molecule has 4 aliphatic carbocycles. The van der Waals surface area contributed by atoms with E-state index in [1.165, 1.54) is 12.2 Å². The minimum atomic E-state index is -2.07. The molecule has 1 heterocycles. The molecule has 0 bridgehead atoms. The molecule has 5 aliphatic rings. The molecular formula is C35H42FNO8. The summed E-state index contributed by atoms with van der Waals surface area (Å²) >= 11 is 0. The van der Waals surface area contributed by atoms with Crippen LogP contribution in [0.1, 0.15) is 70.7 Å². The zero-order chi connectivity index (χ0) is 32.6. The minimum Gasteiger partial charge on any atom is -0.457 e. The lowest BCUT2D eigenvalue weighted by molar-refractivity contribution is -0.246. The number of fused-ring (bicyclic) bond motifs is 7. The summed E-state index contributed by atoms with van der Waals surface area (Å²) in [6.07, 6.45) is 3.42. The number of hydrogen-bond acceptors (Lipinski definition) is 8. The van der Waals surface area contributed by atoms with Gasteiger partial charge in [0.2, 0.25) is 5.78 Å². The van der Waals surface area contributed by atoms with Gasteiger partial charge in [-0.1, -0.05) is 43.7 Å². The summed E-state index contributed by atoms with van der Waals surface area (Å²) in [4.78, 5) is 51.8. The Labute approximate surface area is 262 Å². The van der Waals surface area contributed by atoms with Crippen molar-refractivity contribution in [1.29, 1.82) is 0 Å². The number of halogens is 1. The Morgan fingerprint density at radius 1 is 1.13 bits per heavy atom. The number of hydrogen-bond donors (Lipinski definition) is 2. The van der Waals surface area contributed by atoms with Crippen molar-refractivity contribution in [1.82, 2.24) is 5.32 Å². The van der Waals surface area contributed by atoms with E-state index in [9.17, 15) is 24.3 Å². The summed E-state index contributed by atoms with van der Waals surface area (Å²) in [5.74, 6) is -4.56. The molecular weight excluding hydrogens is 581 g/mol. The van der Waals surface area contributed by atoms with Gasteiger partial charge in [0.1, 0.15) is 0 Å². The normalized spacial score (nSPS) is 39.9. The maximum Gasteiger partial charge on any atom is 0.310 e. The van der Waals surface area contributed by atoms with Crippen LogP contribution in [0, 0.1) is 28.6 Å². The van der Waals surface area contributed by atoms with Gasteiger partial charge in [0.25, 0.3) is 5.91 Å². The van der Waals surface area contributed by atoms with Gasteiger partial charge < -0.3 is 24.6 Å². The number of alkyl halides is 1. The molecule has 1 amide bonds. The van der Waals surface area contributed by atoms with E-state index in [4.69, 9.17) is 14.2 Å². The molecule has 1 aromatic carbocycles. The van der Waals surface area contributed by atoms with Crippen LogP contribution in [0.4, 0.5) is 4.39 Å². The third-order valence-electron chi connectivity index (χ3n) is 11.4. The SMILES string of the molecule is CC(CNC(=O)c1ccccc1)C(=O)OCC(=O)[C@@]12OC(C)(C)O[C@H]1C[C@H]1[C@@H]3CCC4=CC(=O)C=C[C@]4(C)C3(F)[C@@H](O)C[C@@]12C. The molecule has 4 fully saturated rings. The Balaban J connectivity index is 1.22.